The molecule has 1 atom stereocenters. The number of rotatable bonds is 2. The Kier molecular flexibility index (Phi) is 3.05. The first-order chi connectivity index (χ1) is 10.2. The highest BCUT2D eigenvalue weighted by Crippen LogP contribution is 2.35. The molecule has 4 rings (SSSR count). The second-order valence-electron chi connectivity index (χ2n) is 4.98. The van der Waals surface area contributed by atoms with E-state index < -0.39 is 0 Å². The summed E-state index contributed by atoms with van der Waals surface area (Å²) in [5.74, 6) is 0.805. The molecule has 0 bridgehead atoms. The third-order valence-electron chi connectivity index (χ3n) is 3.67. The SMILES string of the molecule is Clc1ccc(C(Br)c2ccc3[nH]c4ccccc4c3c2)o1. The minimum atomic E-state index is -0.0111. The van der Waals surface area contributed by atoms with Gasteiger partial charge < -0.3 is 9.40 Å². The molecule has 0 aliphatic carbocycles. The normalized spacial score (nSPS) is 13.0. The van der Waals surface area contributed by atoms with Gasteiger partial charge >= 0.3 is 0 Å². The minimum Gasteiger partial charge on any atom is -0.448 e. The summed E-state index contributed by atoms with van der Waals surface area (Å²) in [4.78, 5) is 3.42. The Morgan fingerprint density at radius 2 is 1.76 bits per heavy atom. The van der Waals surface area contributed by atoms with E-state index >= 15 is 0 Å². The van der Waals surface area contributed by atoms with E-state index in [-0.39, 0.29) is 4.83 Å². The first kappa shape index (κ1) is 13.0. The van der Waals surface area contributed by atoms with Crippen molar-refractivity contribution in [3.8, 4) is 0 Å². The van der Waals surface area contributed by atoms with Crippen molar-refractivity contribution in [2.24, 2.45) is 0 Å². The van der Waals surface area contributed by atoms with Gasteiger partial charge in [0.25, 0.3) is 0 Å². The van der Waals surface area contributed by atoms with Crippen molar-refractivity contribution in [2.45, 2.75) is 4.83 Å². The summed E-state index contributed by atoms with van der Waals surface area (Å²) in [6, 6.07) is 18.3. The van der Waals surface area contributed by atoms with Crippen LogP contribution in [0.3, 0.4) is 0 Å². The molecule has 4 heteroatoms. The number of hydrogen-bond donors (Lipinski definition) is 1. The van der Waals surface area contributed by atoms with E-state index in [4.69, 9.17) is 16.0 Å². The second-order valence-corrected chi connectivity index (χ2v) is 6.27. The van der Waals surface area contributed by atoms with Crippen molar-refractivity contribution >= 4 is 49.3 Å². The van der Waals surface area contributed by atoms with E-state index in [0.717, 1.165) is 22.4 Å². The topological polar surface area (TPSA) is 28.9 Å². The van der Waals surface area contributed by atoms with Crippen molar-refractivity contribution < 1.29 is 4.42 Å². The molecule has 2 heterocycles. The molecule has 0 aliphatic rings. The molecule has 0 saturated carbocycles. The van der Waals surface area contributed by atoms with Crippen molar-refractivity contribution in [2.75, 3.05) is 0 Å². The quantitative estimate of drug-likeness (QED) is 0.433. The molecule has 1 unspecified atom stereocenters. The molecular formula is C17H11BrClNO. The average molecular weight is 361 g/mol. The van der Waals surface area contributed by atoms with Crippen LogP contribution in [-0.4, -0.2) is 4.98 Å². The van der Waals surface area contributed by atoms with Gasteiger partial charge in [0.1, 0.15) is 5.76 Å². The molecule has 21 heavy (non-hydrogen) atoms. The Balaban J connectivity index is 1.88. The van der Waals surface area contributed by atoms with Gasteiger partial charge in [-0.3, -0.25) is 0 Å². The number of nitrogens with one attached hydrogen (secondary N) is 1. The van der Waals surface area contributed by atoms with Crippen molar-refractivity contribution in [3.63, 3.8) is 0 Å². The van der Waals surface area contributed by atoms with Crippen LogP contribution in [0.25, 0.3) is 21.8 Å². The number of para-hydroxylation sites is 1. The van der Waals surface area contributed by atoms with Gasteiger partial charge in [0.15, 0.2) is 5.22 Å². The van der Waals surface area contributed by atoms with Gasteiger partial charge in [-0.05, 0) is 47.5 Å². The van der Waals surface area contributed by atoms with Crippen LogP contribution in [0, 0.1) is 0 Å². The van der Waals surface area contributed by atoms with Gasteiger partial charge in [0.05, 0.1) is 4.83 Å². The summed E-state index contributed by atoms with van der Waals surface area (Å²) in [6.45, 7) is 0. The zero-order chi connectivity index (χ0) is 14.4. The fourth-order valence-corrected chi connectivity index (χ4v) is 3.34. The van der Waals surface area contributed by atoms with Crippen LogP contribution < -0.4 is 0 Å². The van der Waals surface area contributed by atoms with Crippen LogP contribution in [0.2, 0.25) is 5.22 Å². The van der Waals surface area contributed by atoms with Crippen LogP contribution in [-0.2, 0) is 0 Å². The summed E-state index contributed by atoms with van der Waals surface area (Å²) in [7, 11) is 0. The maximum atomic E-state index is 5.86. The molecule has 4 aromatic rings. The maximum Gasteiger partial charge on any atom is 0.193 e. The van der Waals surface area contributed by atoms with Crippen LogP contribution in [0.15, 0.2) is 59.0 Å². The number of hydrogen-bond acceptors (Lipinski definition) is 1. The Bertz CT molecular complexity index is 940. The number of H-pyrrole nitrogens is 1. The largest absolute Gasteiger partial charge is 0.448 e. The fraction of sp³-hybridized carbons (Fsp3) is 0.0588. The van der Waals surface area contributed by atoms with Crippen molar-refractivity contribution in [1.82, 2.24) is 4.98 Å². The fourth-order valence-electron chi connectivity index (χ4n) is 2.65. The lowest BCUT2D eigenvalue weighted by Gasteiger charge is -2.07. The molecule has 2 nitrogen and oxygen atoms in total. The van der Waals surface area contributed by atoms with Gasteiger partial charge in [0, 0.05) is 21.8 Å². The smallest absolute Gasteiger partial charge is 0.193 e. The molecule has 0 spiro atoms. The lowest BCUT2D eigenvalue weighted by molar-refractivity contribution is 0.521. The number of aromatic amines is 1. The first-order valence-corrected chi connectivity index (χ1v) is 7.91. The standard InChI is InChI=1S/C17H11BrClNO/c18-17(15-7-8-16(19)21-15)10-5-6-14-12(9-10)11-3-1-2-4-13(11)20-14/h1-9,17,20H. The highest BCUT2D eigenvalue weighted by Gasteiger charge is 2.15. The van der Waals surface area contributed by atoms with E-state index in [1.165, 1.54) is 10.8 Å². The molecule has 0 aliphatic heterocycles. The van der Waals surface area contributed by atoms with E-state index in [0.29, 0.717) is 5.22 Å². The van der Waals surface area contributed by atoms with E-state index in [9.17, 15) is 0 Å². The molecule has 1 N–H and O–H groups in total. The van der Waals surface area contributed by atoms with Gasteiger partial charge in [-0.15, -0.1) is 0 Å². The molecule has 0 radical (unpaired) electrons. The third kappa shape index (κ3) is 2.17. The van der Waals surface area contributed by atoms with Crippen LogP contribution in [0.5, 0.6) is 0 Å². The number of halogens is 2. The van der Waals surface area contributed by atoms with Gasteiger partial charge in [0.2, 0.25) is 0 Å². The highest BCUT2D eigenvalue weighted by molar-refractivity contribution is 9.09. The number of benzene rings is 2. The molecule has 104 valence electrons. The van der Waals surface area contributed by atoms with Gasteiger partial charge in [-0.2, -0.15) is 0 Å². The first-order valence-electron chi connectivity index (χ1n) is 6.62. The van der Waals surface area contributed by atoms with Gasteiger partial charge in [-0.25, -0.2) is 0 Å². The molecule has 2 aromatic carbocycles. The molecule has 0 amide bonds. The van der Waals surface area contributed by atoms with Crippen LogP contribution in [0.1, 0.15) is 16.2 Å². The summed E-state index contributed by atoms with van der Waals surface area (Å²) < 4.78 is 5.49. The predicted octanol–water partition coefficient (Wildman–Crippen LogP) is 6.05. The van der Waals surface area contributed by atoms with E-state index in [1.54, 1.807) is 6.07 Å². The van der Waals surface area contributed by atoms with Crippen LogP contribution >= 0.6 is 27.5 Å². The zero-order valence-electron chi connectivity index (χ0n) is 10.9. The number of alkyl halides is 1. The third-order valence-corrected chi connectivity index (χ3v) is 4.85. The average Bonchev–Trinajstić information content (AvgIpc) is 3.09. The number of fused-ring (bicyclic) bond motifs is 3. The number of furan rings is 1. The molecule has 2 aromatic heterocycles. The Morgan fingerprint density at radius 1 is 0.952 bits per heavy atom. The zero-order valence-corrected chi connectivity index (χ0v) is 13.3. The Morgan fingerprint density at radius 3 is 2.57 bits per heavy atom. The summed E-state index contributed by atoms with van der Waals surface area (Å²) in [5, 5.41) is 2.85. The summed E-state index contributed by atoms with van der Waals surface area (Å²) >= 11 is 9.54. The van der Waals surface area contributed by atoms with E-state index in [1.807, 2.05) is 12.1 Å². The van der Waals surface area contributed by atoms with E-state index in [2.05, 4.69) is 57.3 Å². The molecule has 0 fully saturated rings. The minimum absolute atomic E-state index is 0.0111. The monoisotopic (exact) mass is 359 g/mol. The summed E-state index contributed by atoms with van der Waals surface area (Å²) in [5.41, 5.74) is 3.42. The summed E-state index contributed by atoms with van der Waals surface area (Å²) in [6.07, 6.45) is 0. The predicted molar refractivity (Wildman–Crippen MR) is 90.3 cm³/mol. The van der Waals surface area contributed by atoms with Crippen LogP contribution in [0.4, 0.5) is 0 Å². The molecule has 0 saturated heterocycles. The van der Waals surface area contributed by atoms with Crippen molar-refractivity contribution in [3.05, 3.63) is 71.1 Å². The maximum absolute atomic E-state index is 5.86. The lowest BCUT2D eigenvalue weighted by atomic mass is 10.1. The Labute approximate surface area is 134 Å². The van der Waals surface area contributed by atoms with Gasteiger partial charge in [-0.1, -0.05) is 40.2 Å². The number of aromatic nitrogens is 1. The van der Waals surface area contributed by atoms with Crippen molar-refractivity contribution in [1.29, 1.82) is 0 Å². The lowest BCUT2D eigenvalue weighted by Crippen LogP contribution is -1.90. The molecular weight excluding hydrogens is 350 g/mol. The second kappa shape index (κ2) is 4.93. The Hall–Kier alpha value is -1.71. The highest BCUT2D eigenvalue weighted by atomic mass is 79.9.